The highest BCUT2D eigenvalue weighted by Gasteiger charge is 2.24. The molecule has 1 amide bonds. The number of hydrogen-bond acceptors (Lipinski definition) is 5. The summed E-state index contributed by atoms with van der Waals surface area (Å²) in [5.41, 5.74) is 3.84. The van der Waals surface area contributed by atoms with Crippen molar-refractivity contribution in [1.82, 2.24) is 5.32 Å². The number of carbonyl (C=O) groups excluding carboxylic acids is 1. The molecule has 0 bridgehead atoms. The van der Waals surface area contributed by atoms with E-state index in [1.807, 2.05) is 52.0 Å². The number of aryl methyl sites for hydroxylation is 1. The Balaban J connectivity index is 1.88. The fourth-order valence-electron chi connectivity index (χ4n) is 2.82. The molecule has 2 aromatic carbocycles. The van der Waals surface area contributed by atoms with Gasteiger partial charge in [-0.2, -0.15) is 0 Å². The van der Waals surface area contributed by atoms with Gasteiger partial charge in [-0.05, 0) is 79.9 Å². The number of aliphatic imine (C=N–C) groups is 1. The number of halogens is 1. The van der Waals surface area contributed by atoms with Gasteiger partial charge in [0.15, 0.2) is 16.7 Å². The molecule has 30 heavy (non-hydrogen) atoms. The third-order valence-electron chi connectivity index (χ3n) is 4.89. The highest BCUT2D eigenvalue weighted by molar-refractivity contribution is 8.18. The molecule has 0 radical (unpaired) electrons. The summed E-state index contributed by atoms with van der Waals surface area (Å²) in [7, 11) is 1.57. The standard InChI is InChI=1S/C23H25ClN2O3S/c1-6-14(3)29-21-17(24)10-16(11-19(21)28-5)12-20-22(27)26-23(30-20)25-18-9-7-8-13(2)15(18)4/h7-12,14H,6H2,1-5H3,(H,25,26,27)/b20-12-/t14-/m1/s1. The predicted octanol–water partition coefficient (Wildman–Crippen LogP) is 6.03. The van der Waals surface area contributed by atoms with Crippen LogP contribution in [0.15, 0.2) is 40.2 Å². The van der Waals surface area contributed by atoms with Crippen molar-refractivity contribution in [2.24, 2.45) is 4.99 Å². The molecule has 1 saturated heterocycles. The molecule has 1 atom stereocenters. The summed E-state index contributed by atoms with van der Waals surface area (Å²) >= 11 is 7.74. The molecule has 2 aromatic rings. The van der Waals surface area contributed by atoms with Crippen LogP contribution in [0.1, 0.15) is 37.0 Å². The van der Waals surface area contributed by atoms with Crippen LogP contribution in [0, 0.1) is 13.8 Å². The minimum absolute atomic E-state index is 0.0145. The second-order valence-electron chi connectivity index (χ2n) is 7.07. The van der Waals surface area contributed by atoms with Crippen LogP contribution in [0.3, 0.4) is 0 Å². The van der Waals surface area contributed by atoms with Crippen LogP contribution >= 0.6 is 23.4 Å². The minimum atomic E-state index is -0.195. The Morgan fingerprint density at radius 1 is 1.30 bits per heavy atom. The second-order valence-corrected chi connectivity index (χ2v) is 8.51. The molecule has 0 saturated carbocycles. The SMILES string of the molecule is CC[C@@H](C)Oc1c(Cl)cc(/C=C2\SC(=Nc3cccc(C)c3C)NC2=O)cc1OC. The first-order valence-corrected chi connectivity index (χ1v) is 10.9. The van der Waals surface area contributed by atoms with Gasteiger partial charge in [0.05, 0.1) is 28.8 Å². The van der Waals surface area contributed by atoms with Gasteiger partial charge in [0.25, 0.3) is 5.91 Å². The van der Waals surface area contributed by atoms with E-state index in [0.717, 1.165) is 28.8 Å². The van der Waals surface area contributed by atoms with Crippen LogP contribution in [-0.4, -0.2) is 24.3 Å². The number of amidine groups is 1. The second kappa shape index (κ2) is 9.58. The van der Waals surface area contributed by atoms with E-state index < -0.39 is 0 Å². The highest BCUT2D eigenvalue weighted by Crippen LogP contribution is 2.39. The van der Waals surface area contributed by atoms with Crippen molar-refractivity contribution in [3.05, 3.63) is 56.9 Å². The molecule has 7 heteroatoms. The molecule has 1 aliphatic rings. The Morgan fingerprint density at radius 2 is 2.07 bits per heavy atom. The minimum Gasteiger partial charge on any atom is -0.493 e. The molecule has 1 aliphatic heterocycles. The Labute approximate surface area is 186 Å². The molecular formula is C23H25ClN2O3S. The van der Waals surface area contributed by atoms with Crippen molar-refractivity contribution in [3.8, 4) is 11.5 Å². The third-order valence-corrected chi connectivity index (χ3v) is 6.08. The first kappa shape index (κ1) is 22.2. The van der Waals surface area contributed by atoms with Crippen molar-refractivity contribution in [2.45, 2.75) is 40.2 Å². The van der Waals surface area contributed by atoms with Gasteiger partial charge in [-0.25, -0.2) is 4.99 Å². The fraction of sp³-hybridized carbons (Fsp3) is 0.304. The number of hydrogen-bond donors (Lipinski definition) is 1. The summed E-state index contributed by atoms with van der Waals surface area (Å²) in [5.74, 6) is 0.845. The van der Waals surface area contributed by atoms with Crippen molar-refractivity contribution in [3.63, 3.8) is 0 Å². The summed E-state index contributed by atoms with van der Waals surface area (Å²) < 4.78 is 11.3. The van der Waals surface area contributed by atoms with Crippen LogP contribution in [0.25, 0.3) is 6.08 Å². The number of nitrogens with zero attached hydrogens (tertiary/aromatic N) is 1. The van der Waals surface area contributed by atoms with Gasteiger partial charge in [0.1, 0.15) is 0 Å². The largest absolute Gasteiger partial charge is 0.493 e. The topological polar surface area (TPSA) is 59.9 Å². The van der Waals surface area contributed by atoms with E-state index in [1.54, 1.807) is 19.3 Å². The first-order valence-electron chi connectivity index (χ1n) is 9.72. The van der Waals surface area contributed by atoms with E-state index in [9.17, 15) is 4.79 Å². The van der Waals surface area contributed by atoms with Crippen molar-refractivity contribution < 1.29 is 14.3 Å². The van der Waals surface area contributed by atoms with E-state index in [2.05, 4.69) is 10.3 Å². The summed E-state index contributed by atoms with van der Waals surface area (Å²) in [6.45, 7) is 8.07. The summed E-state index contributed by atoms with van der Waals surface area (Å²) in [6.07, 6.45) is 2.64. The van der Waals surface area contributed by atoms with E-state index >= 15 is 0 Å². The zero-order chi connectivity index (χ0) is 21.8. The lowest BCUT2D eigenvalue weighted by Gasteiger charge is -2.17. The van der Waals surface area contributed by atoms with Crippen molar-refractivity contribution >= 4 is 46.2 Å². The zero-order valence-corrected chi connectivity index (χ0v) is 19.3. The Kier molecular flexibility index (Phi) is 7.10. The number of rotatable bonds is 6. The molecule has 1 N–H and O–H groups in total. The smallest absolute Gasteiger partial charge is 0.264 e. The highest BCUT2D eigenvalue weighted by atomic mass is 35.5. The number of carbonyl (C=O) groups is 1. The molecule has 5 nitrogen and oxygen atoms in total. The summed E-state index contributed by atoms with van der Waals surface area (Å²) in [5, 5.41) is 3.81. The summed E-state index contributed by atoms with van der Waals surface area (Å²) in [4.78, 5) is 17.6. The van der Waals surface area contributed by atoms with Crippen molar-refractivity contribution in [2.75, 3.05) is 7.11 Å². The number of thioether (sulfide) groups is 1. The van der Waals surface area contributed by atoms with Gasteiger partial charge >= 0.3 is 0 Å². The van der Waals surface area contributed by atoms with Crippen LogP contribution < -0.4 is 14.8 Å². The van der Waals surface area contributed by atoms with Crippen molar-refractivity contribution in [1.29, 1.82) is 0 Å². The van der Waals surface area contributed by atoms with Gasteiger partial charge in [-0.3, -0.25) is 4.79 Å². The van der Waals surface area contributed by atoms with Crippen LogP contribution in [0.2, 0.25) is 5.02 Å². The number of benzene rings is 2. The number of nitrogens with one attached hydrogen (secondary N) is 1. The van der Waals surface area contributed by atoms with Gasteiger partial charge in [0.2, 0.25) is 0 Å². The maximum absolute atomic E-state index is 12.5. The monoisotopic (exact) mass is 444 g/mol. The lowest BCUT2D eigenvalue weighted by Crippen LogP contribution is -2.19. The first-order chi connectivity index (χ1) is 14.3. The summed E-state index contributed by atoms with van der Waals surface area (Å²) in [6, 6.07) is 9.50. The third kappa shape index (κ3) is 4.99. The van der Waals surface area contributed by atoms with E-state index in [0.29, 0.717) is 26.6 Å². The molecule has 0 aromatic heterocycles. The number of methoxy groups -OCH3 is 1. The fourth-order valence-corrected chi connectivity index (χ4v) is 3.92. The number of ether oxygens (including phenoxy) is 2. The van der Waals surface area contributed by atoms with Crippen LogP contribution in [-0.2, 0) is 4.79 Å². The zero-order valence-electron chi connectivity index (χ0n) is 17.7. The van der Waals surface area contributed by atoms with E-state index in [1.165, 1.54) is 11.8 Å². The molecule has 158 valence electrons. The molecule has 1 fully saturated rings. The molecule has 1 heterocycles. The average molecular weight is 445 g/mol. The lowest BCUT2D eigenvalue weighted by molar-refractivity contribution is -0.115. The van der Waals surface area contributed by atoms with Gasteiger partial charge in [-0.15, -0.1) is 0 Å². The average Bonchev–Trinajstić information content (AvgIpc) is 3.05. The maximum Gasteiger partial charge on any atom is 0.264 e. The van der Waals surface area contributed by atoms with Crippen LogP contribution in [0.4, 0.5) is 5.69 Å². The molecular weight excluding hydrogens is 420 g/mol. The normalized spacial score (nSPS) is 17.3. The quantitative estimate of drug-likeness (QED) is 0.552. The molecule has 0 unspecified atom stereocenters. The lowest BCUT2D eigenvalue weighted by atomic mass is 10.1. The van der Waals surface area contributed by atoms with Gasteiger partial charge in [-0.1, -0.05) is 30.7 Å². The van der Waals surface area contributed by atoms with Crippen LogP contribution in [0.5, 0.6) is 11.5 Å². The predicted molar refractivity (Wildman–Crippen MR) is 125 cm³/mol. The molecule has 0 spiro atoms. The van der Waals surface area contributed by atoms with E-state index in [-0.39, 0.29) is 12.0 Å². The molecule has 3 rings (SSSR count). The van der Waals surface area contributed by atoms with E-state index in [4.69, 9.17) is 21.1 Å². The number of amides is 1. The van der Waals surface area contributed by atoms with Gasteiger partial charge < -0.3 is 14.8 Å². The Morgan fingerprint density at radius 3 is 2.77 bits per heavy atom. The molecule has 0 aliphatic carbocycles. The van der Waals surface area contributed by atoms with Gasteiger partial charge in [0, 0.05) is 0 Å². The Bertz CT molecular complexity index is 1030. The Hall–Kier alpha value is -2.44. The maximum atomic E-state index is 12.5.